The van der Waals surface area contributed by atoms with Crippen molar-refractivity contribution in [1.82, 2.24) is 20.1 Å². The molecule has 0 spiro atoms. The quantitative estimate of drug-likeness (QED) is 0.598. The van der Waals surface area contributed by atoms with E-state index in [4.69, 9.17) is 0 Å². The van der Waals surface area contributed by atoms with E-state index in [1.165, 1.54) is 24.0 Å². The smallest absolute Gasteiger partial charge is 0.225 e. The van der Waals surface area contributed by atoms with Crippen molar-refractivity contribution >= 4 is 5.91 Å². The third-order valence-electron chi connectivity index (χ3n) is 7.34. The molecule has 5 nitrogen and oxygen atoms in total. The second kappa shape index (κ2) is 9.27. The van der Waals surface area contributed by atoms with Crippen molar-refractivity contribution in [2.75, 3.05) is 13.1 Å². The molecule has 1 aliphatic heterocycles. The van der Waals surface area contributed by atoms with Gasteiger partial charge in [-0.15, -0.1) is 0 Å². The normalized spacial score (nSPS) is 21.7. The van der Waals surface area contributed by atoms with Gasteiger partial charge in [0.1, 0.15) is 0 Å². The number of H-pyrrole nitrogens is 1. The first-order valence-corrected chi connectivity index (χ1v) is 12.0. The van der Waals surface area contributed by atoms with E-state index in [-0.39, 0.29) is 11.8 Å². The van der Waals surface area contributed by atoms with Gasteiger partial charge >= 0.3 is 0 Å². The molecule has 1 aromatic carbocycles. The van der Waals surface area contributed by atoms with Gasteiger partial charge in [-0.05, 0) is 55.0 Å². The molecular formula is C27H32N4O. The Morgan fingerprint density at radius 1 is 1.03 bits per heavy atom. The number of hydrogen-bond acceptors (Lipinski definition) is 3. The summed E-state index contributed by atoms with van der Waals surface area (Å²) >= 11 is 0. The van der Waals surface area contributed by atoms with Crippen LogP contribution in [0.25, 0.3) is 11.3 Å². The highest BCUT2D eigenvalue weighted by Gasteiger charge is 2.36. The van der Waals surface area contributed by atoms with Crippen LogP contribution in [-0.2, 0) is 11.2 Å². The van der Waals surface area contributed by atoms with Crippen LogP contribution in [0.5, 0.6) is 0 Å². The Morgan fingerprint density at radius 2 is 1.75 bits per heavy atom. The predicted octanol–water partition coefficient (Wildman–Crippen LogP) is 5.32. The third-order valence-corrected chi connectivity index (χ3v) is 7.34. The van der Waals surface area contributed by atoms with Gasteiger partial charge in [0.2, 0.25) is 5.91 Å². The van der Waals surface area contributed by atoms with E-state index in [0.29, 0.717) is 11.8 Å². The van der Waals surface area contributed by atoms with Crippen molar-refractivity contribution < 1.29 is 4.79 Å². The summed E-state index contributed by atoms with van der Waals surface area (Å²) in [7, 11) is 0. The number of rotatable bonds is 5. The van der Waals surface area contributed by atoms with E-state index in [1.54, 1.807) is 12.4 Å². The first-order chi connectivity index (χ1) is 15.7. The van der Waals surface area contributed by atoms with Crippen LogP contribution in [0.4, 0.5) is 0 Å². The highest BCUT2D eigenvalue weighted by atomic mass is 16.2. The lowest BCUT2D eigenvalue weighted by molar-refractivity contribution is -0.137. The van der Waals surface area contributed by atoms with E-state index in [0.717, 1.165) is 55.7 Å². The van der Waals surface area contributed by atoms with E-state index in [2.05, 4.69) is 57.3 Å². The van der Waals surface area contributed by atoms with E-state index in [9.17, 15) is 4.79 Å². The second-order valence-electron chi connectivity index (χ2n) is 9.39. The van der Waals surface area contributed by atoms with Crippen LogP contribution in [0, 0.1) is 5.92 Å². The first kappa shape index (κ1) is 20.9. The summed E-state index contributed by atoms with van der Waals surface area (Å²) in [6, 6.07) is 15.1. The third kappa shape index (κ3) is 4.34. The predicted molar refractivity (Wildman–Crippen MR) is 126 cm³/mol. The number of likely N-dealkylation sites (tertiary alicyclic amines) is 1. The molecule has 2 aromatic heterocycles. The maximum absolute atomic E-state index is 13.4. The van der Waals surface area contributed by atoms with Crippen LogP contribution in [0.2, 0.25) is 0 Å². The van der Waals surface area contributed by atoms with Crippen LogP contribution >= 0.6 is 0 Å². The van der Waals surface area contributed by atoms with Crippen LogP contribution in [0.15, 0.2) is 54.9 Å². The fourth-order valence-electron chi connectivity index (χ4n) is 5.42. The number of nitrogens with one attached hydrogen (secondary N) is 1. The van der Waals surface area contributed by atoms with Gasteiger partial charge in [0.15, 0.2) is 0 Å². The number of carbonyl (C=O) groups is 1. The van der Waals surface area contributed by atoms with Crippen molar-refractivity contribution in [2.24, 2.45) is 5.92 Å². The fourth-order valence-corrected chi connectivity index (χ4v) is 5.42. The first-order valence-electron chi connectivity index (χ1n) is 12.0. The molecule has 1 saturated heterocycles. The Morgan fingerprint density at radius 3 is 2.47 bits per heavy atom. The number of aryl methyl sites for hydroxylation is 1. The van der Waals surface area contributed by atoms with E-state index < -0.39 is 0 Å². The molecule has 2 atom stereocenters. The van der Waals surface area contributed by atoms with Crippen molar-refractivity contribution in [1.29, 1.82) is 0 Å². The van der Waals surface area contributed by atoms with Gasteiger partial charge in [-0.3, -0.25) is 14.9 Å². The SMILES string of the molecule is CCc1ccc(C2CC(c3cc(-c4ccncc4)n[nH]3)CN(C(=O)C3CCCC3)C2)cc1. The van der Waals surface area contributed by atoms with Crippen molar-refractivity contribution in [3.8, 4) is 11.3 Å². The summed E-state index contributed by atoms with van der Waals surface area (Å²) in [5.74, 6) is 1.17. The van der Waals surface area contributed by atoms with Gasteiger partial charge in [-0.2, -0.15) is 5.10 Å². The Labute approximate surface area is 190 Å². The fraction of sp³-hybridized carbons (Fsp3) is 0.444. The molecule has 2 fully saturated rings. The number of aromatic amines is 1. The van der Waals surface area contributed by atoms with Gasteiger partial charge in [-0.25, -0.2) is 0 Å². The summed E-state index contributed by atoms with van der Waals surface area (Å²) in [5.41, 5.74) is 5.81. The molecule has 166 valence electrons. The molecule has 5 rings (SSSR count). The number of piperidine rings is 1. The van der Waals surface area contributed by atoms with Gasteiger partial charge in [0.25, 0.3) is 0 Å². The lowest BCUT2D eigenvalue weighted by Gasteiger charge is -2.39. The number of nitrogens with zero attached hydrogens (tertiary/aromatic N) is 3. The average molecular weight is 429 g/mol. The van der Waals surface area contributed by atoms with Crippen LogP contribution < -0.4 is 0 Å². The molecule has 32 heavy (non-hydrogen) atoms. The van der Waals surface area contributed by atoms with Crippen LogP contribution in [0.1, 0.15) is 67.7 Å². The summed E-state index contributed by atoms with van der Waals surface area (Å²) in [5, 5.41) is 7.86. The highest BCUT2D eigenvalue weighted by molar-refractivity contribution is 5.79. The molecule has 3 heterocycles. The summed E-state index contributed by atoms with van der Waals surface area (Å²) in [6.45, 7) is 3.78. The minimum atomic E-state index is 0.214. The summed E-state index contributed by atoms with van der Waals surface area (Å²) < 4.78 is 0. The molecule has 5 heteroatoms. The molecule has 2 aliphatic rings. The number of pyridine rings is 1. The lowest BCUT2D eigenvalue weighted by atomic mass is 9.82. The number of amides is 1. The van der Waals surface area contributed by atoms with E-state index >= 15 is 0 Å². The van der Waals surface area contributed by atoms with Crippen molar-refractivity contribution in [3.63, 3.8) is 0 Å². The van der Waals surface area contributed by atoms with Gasteiger partial charge in [-0.1, -0.05) is 44.0 Å². The Kier molecular flexibility index (Phi) is 6.06. The van der Waals surface area contributed by atoms with Crippen molar-refractivity contribution in [3.05, 3.63) is 71.7 Å². The zero-order valence-corrected chi connectivity index (χ0v) is 18.8. The summed E-state index contributed by atoms with van der Waals surface area (Å²) in [6.07, 6.45) is 10.1. The van der Waals surface area contributed by atoms with E-state index in [1.807, 2.05) is 12.1 Å². The molecule has 0 bridgehead atoms. The molecule has 3 aromatic rings. The Bertz CT molecular complexity index is 1040. The Balaban J connectivity index is 1.41. The molecule has 1 N–H and O–H groups in total. The van der Waals surface area contributed by atoms with Gasteiger partial charge < -0.3 is 4.90 Å². The molecule has 1 saturated carbocycles. The van der Waals surface area contributed by atoms with Gasteiger partial charge in [0.05, 0.1) is 5.69 Å². The highest BCUT2D eigenvalue weighted by Crippen LogP contribution is 2.38. The maximum Gasteiger partial charge on any atom is 0.225 e. The van der Waals surface area contributed by atoms with Gasteiger partial charge in [0, 0.05) is 54.5 Å². The number of carbonyl (C=O) groups excluding carboxylic acids is 1. The average Bonchev–Trinajstić information content (AvgIpc) is 3.57. The Hall–Kier alpha value is -2.95. The number of aromatic nitrogens is 3. The molecule has 0 radical (unpaired) electrons. The molecule has 1 aliphatic carbocycles. The van der Waals surface area contributed by atoms with Crippen LogP contribution in [-0.4, -0.2) is 39.1 Å². The molecule has 2 unspecified atom stereocenters. The zero-order chi connectivity index (χ0) is 21.9. The van der Waals surface area contributed by atoms with Crippen LogP contribution in [0.3, 0.4) is 0 Å². The number of hydrogen-bond donors (Lipinski definition) is 1. The summed E-state index contributed by atoms with van der Waals surface area (Å²) in [4.78, 5) is 19.6. The van der Waals surface area contributed by atoms with Crippen molar-refractivity contribution in [2.45, 2.75) is 57.3 Å². The zero-order valence-electron chi connectivity index (χ0n) is 18.8. The lowest BCUT2D eigenvalue weighted by Crippen LogP contribution is -2.44. The maximum atomic E-state index is 13.4. The molecule has 1 amide bonds. The minimum absolute atomic E-state index is 0.214. The largest absolute Gasteiger partial charge is 0.341 e. The second-order valence-corrected chi connectivity index (χ2v) is 9.39. The minimum Gasteiger partial charge on any atom is -0.341 e. The number of benzene rings is 1. The topological polar surface area (TPSA) is 61.9 Å². The standard InChI is InChI=1S/C27H32N4O/c1-2-19-7-9-20(10-8-19)23-15-24(18-31(17-23)27(32)22-5-3-4-6-22)26-16-25(29-30-26)21-11-13-28-14-12-21/h7-14,16,22-24H,2-6,15,17-18H2,1H3,(H,29,30). The molecular weight excluding hydrogens is 396 g/mol. The monoisotopic (exact) mass is 428 g/mol.